The number of esters is 1. The summed E-state index contributed by atoms with van der Waals surface area (Å²) >= 11 is 0. The molecule has 0 saturated carbocycles. The van der Waals surface area contributed by atoms with E-state index in [-0.39, 0.29) is 11.9 Å². The normalized spacial score (nSPS) is 19.9. The molecule has 1 aromatic carbocycles. The van der Waals surface area contributed by atoms with Crippen molar-refractivity contribution in [2.75, 3.05) is 11.9 Å². The summed E-state index contributed by atoms with van der Waals surface area (Å²) in [6, 6.07) is 7.30. The first-order valence-corrected chi connectivity index (χ1v) is 6.20. The number of carbonyl (C=O) groups is 1. The van der Waals surface area contributed by atoms with Crippen LogP contribution in [0.3, 0.4) is 0 Å². The number of benzene rings is 1. The number of hydrogen-bond acceptors (Lipinski definition) is 4. The van der Waals surface area contributed by atoms with Crippen LogP contribution in [0.2, 0.25) is 0 Å². The molecule has 1 aliphatic rings. The van der Waals surface area contributed by atoms with Gasteiger partial charge in [0.1, 0.15) is 11.6 Å². The van der Waals surface area contributed by atoms with Crippen molar-refractivity contribution < 1.29 is 9.53 Å². The van der Waals surface area contributed by atoms with Crippen LogP contribution in [0.25, 0.3) is 0 Å². The van der Waals surface area contributed by atoms with E-state index in [1.807, 2.05) is 45.0 Å². The minimum Gasteiger partial charge on any atom is -0.459 e. The number of anilines is 1. The van der Waals surface area contributed by atoms with Gasteiger partial charge in [0.05, 0.1) is 0 Å². The molecule has 18 heavy (non-hydrogen) atoms. The quantitative estimate of drug-likeness (QED) is 0.784. The molecule has 98 valence electrons. The Morgan fingerprint density at radius 3 is 2.78 bits per heavy atom. The molecule has 0 saturated heterocycles. The molecule has 2 unspecified atom stereocenters. The molecule has 1 heterocycles. The Morgan fingerprint density at radius 1 is 1.44 bits per heavy atom. The summed E-state index contributed by atoms with van der Waals surface area (Å²) in [5.74, 6) is -0.359. The molecule has 1 aromatic rings. The molecular weight excluding hydrogens is 228 g/mol. The van der Waals surface area contributed by atoms with Crippen molar-refractivity contribution in [2.45, 2.75) is 38.3 Å². The van der Waals surface area contributed by atoms with Gasteiger partial charge >= 0.3 is 5.97 Å². The zero-order valence-corrected chi connectivity index (χ0v) is 11.1. The minimum absolute atomic E-state index is 0.0175. The first kappa shape index (κ1) is 12.9. The highest BCUT2D eigenvalue weighted by Crippen LogP contribution is 2.33. The molecule has 0 radical (unpaired) electrons. The highest BCUT2D eigenvalue weighted by atomic mass is 16.6. The Hall–Kier alpha value is -1.55. The van der Waals surface area contributed by atoms with Crippen molar-refractivity contribution in [3.63, 3.8) is 0 Å². The highest BCUT2D eigenvalue weighted by Gasteiger charge is 2.34. The smallest absolute Gasteiger partial charge is 0.324 e. The number of carbonyl (C=O) groups excluding carboxylic acids is 1. The lowest BCUT2D eigenvalue weighted by molar-refractivity contribution is -0.156. The van der Waals surface area contributed by atoms with E-state index in [1.54, 1.807) is 0 Å². The van der Waals surface area contributed by atoms with E-state index in [4.69, 9.17) is 10.5 Å². The zero-order chi connectivity index (χ0) is 13.3. The summed E-state index contributed by atoms with van der Waals surface area (Å²) in [5.41, 5.74) is 7.68. The maximum atomic E-state index is 12.0. The molecule has 0 aliphatic carbocycles. The van der Waals surface area contributed by atoms with Crippen LogP contribution in [-0.2, 0) is 9.53 Å². The van der Waals surface area contributed by atoms with Crippen molar-refractivity contribution in [3.05, 3.63) is 29.8 Å². The number of hydrogen-bond donors (Lipinski definition) is 2. The fourth-order valence-corrected chi connectivity index (χ4v) is 2.17. The van der Waals surface area contributed by atoms with E-state index in [2.05, 4.69) is 5.32 Å². The monoisotopic (exact) mass is 248 g/mol. The SMILES string of the molecule is CC(C)(C)OC(=O)C(N)C1CNc2ccccc21. The van der Waals surface area contributed by atoms with Gasteiger partial charge in [-0.25, -0.2) is 0 Å². The maximum absolute atomic E-state index is 12.0. The Balaban J connectivity index is 2.12. The van der Waals surface area contributed by atoms with E-state index in [1.165, 1.54) is 0 Å². The molecule has 4 heteroatoms. The second kappa shape index (κ2) is 4.61. The van der Waals surface area contributed by atoms with Crippen molar-refractivity contribution in [1.82, 2.24) is 0 Å². The number of rotatable bonds is 2. The van der Waals surface area contributed by atoms with Crippen molar-refractivity contribution in [1.29, 1.82) is 0 Å². The topological polar surface area (TPSA) is 64.3 Å². The number of nitrogens with one attached hydrogen (secondary N) is 1. The highest BCUT2D eigenvalue weighted by molar-refractivity contribution is 5.79. The van der Waals surface area contributed by atoms with Gasteiger partial charge in [-0.15, -0.1) is 0 Å². The lowest BCUT2D eigenvalue weighted by Crippen LogP contribution is -2.42. The summed E-state index contributed by atoms with van der Waals surface area (Å²) in [6.07, 6.45) is 0. The van der Waals surface area contributed by atoms with E-state index in [0.717, 1.165) is 11.3 Å². The summed E-state index contributed by atoms with van der Waals surface area (Å²) < 4.78 is 5.34. The van der Waals surface area contributed by atoms with Gasteiger partial charge in [-0.05, 0) is 32.4 Å². The maximum Gasteiger partial charge on any atom is 0.324 e. The second-order valence-electron chi connectivity index (χ2n) is 5.63. The molecule has 0 amide bonds. The second-order valence-corrected chi connectivity index (χ2v) is 5.63. The fraction of sp³-hybridized carbons (Fsp3) is 0.500. The molecule has 0 bridgehead atoms. The van der Waals surface area contributed by atoms with Crippen molar-refractivity contribution in [3.8, 4) is 0 Å². The van der Waals surface area contributed by atoms with Crippen LogP contribution in [0.15, 0.2) is 24.3 Å². The largest absolute Gasteiger partial charge is 0.459 e. The van der Waals surface area contributed by atoms with Gasteiger partial charge in [0, 0.05) is 18.2 Å². The first-order chi connectivity index (χ1) is 8.38. The average molecular weight is 248 g/mol. The Labute approximate surface area is 108 Å². The van der Waals surface area contributed by atoms with Crippen LogP contribution < -0.4 is 11.1 Å². The third kappa shape index (κ3) is 2.64. The first-order valence-electron chi connectivity index (χ1n) is 6.20. The molecule has 2 atom stereocenters. The van der Waals surface area contributed by atoms with Gasteiger partial charge in [0.15, 0.2) is 0 Å². The minimum atomic E-state index is -0.625. The third-order valence-corrected chi connectivity index (χ3v) is 2.99. The standard InChI is InChI=1S/C14H20N2O2/c1-14(2,3)18-13(17)12(15)10-8-16-11-7-5-4-6-9(10)11/h4-7,10,12,16H,8,15H2,1-3H3. The zero-order valence-electron chi connectivity index (χ0n) is 11.1. The summed E-state index contributed by atoms with van der Waals surface area (Å²) in [4.78, 5) is 12.0. The molecule has 2 rings (SSSR count). The van der Waals surface area contributed by atoms with Gasteiger partial charge in [-0.3, -0.25) is 4.79 Å². The van der Waals surface area contributed by atoms with Crippen LogP contribution in [0.1, 0.15) is 32.3 Å². The number of nitrogens with two attached hydrogens (primary N) is 1. The summed E-state index contributed by atoms with van der Waals surface area (Å²) in [6.45, 7) is 6.22. The van der Waals surface area contributed by atoms with E-state index in [9.17, 15) is 4.79 Å². The molecule has 3 N–H and O–H groups in total. The van der Waals surface area contributed by atoms with Crippen LogP contribution in [0.5, 0.6) is 0 Å². The molecule has 4 nitrogen and oxygen atoms in total. The van der Waals surface area contributed by atoms with Gasteiger partial charge in [-0.1, -0.05) is 18.2 Å². The summed E-state index contributed by atoms with van der Waals surface area (Å²) in [5, 5.41) is 3.26. The van der Waals surface area contributed by atoms with Gasteiger partial charge in [0.25, 0.3) is 0 Å². The van der Waals surface area contributed by atoms with Crippen molar-refractivity contribution in [2.24, 2.45) is 5.73 Å². The lowest BCUT2D eigenvalue weighted by Gasteiger charge is -2.24. The van der Waals surface area contributed by atoms with Gasteiger partial charge < -0.3 is 15.8 Å². The Kier molecular flexibility index (Phi) is 3.30. The van der Waals surface area contributed by atoms with Gasteiger partial charge in [-0.2, -0.15) is 0 Å². The average Bonchev–Trinajstić information content (AvgIpc) is 2.69. The third-order valence-electron chi connectivity index (χ3n) is 2.99. The van der Waals surface area contributed by atoms with E-state index >= 15 is 0 Å². The Morgan fingerprint density at radius 2 is 2.11 bits per heavy atom. The van der Waals surface area contributed by atoms with Crippen LogP contribution in [-0.4, -0.2) is 24.2 Å². The molecule has 0 spiro atoms. The molecule has 1 aliphatic heterocycles. The van der Waals surface area contributed by atoms with Crippen LogP contribution in [0.4, 0.5) is 5.69 Å². The van der Waals surface area contributed by atoms with E-state index in [0.29, 0.717) is 6.54 Å². The number of ether oxygens (including phenoxy) is 1. The lowest BCUT2D eigenvalue weighted by atomic mass is 9.94. The number of para-hydroxylation sites is 1. The molecule has 0 fully saturated rings. The fourth-order valence-electron chi connectivity index (χ4n) is 2.17. The molecular formula is C14H20N2O2. The van der Waals surface area contributed by atoms with Gasteiger partial charge in [0.2, 0.25) is 0 Å². The predicted octanol–water partition coefficient (Wildman–Crippen LogP) is 1.86. The Bertz CT molecular complexity index is 451. The van der Waals surface area contributed by atoms with Crippen LogP contribution >= 0.6 is 0 Å². The van der Waals surface area contributed by atoms with Crippen molar-refractivity contribution >= 4 is 11.7 Å². The van der Waals surface area contributed by atoms with Crippen LogP contribution in [0, 0.1) is 0 Å². The van der Waals surface area contributed by atoms with E-state index < -0.39 is 11.6 Å². The predicted molar refractivity (Wildman–Crippen MR) is 71.5 cm³/mol. The molecule has 0 aromatic heterocycles. The number of fused-ring (bicyclic) bond motifs is 1. The summed E-state index contributed by atoms with van der Waals surface area (Å²) in [7, 11) is 0.